The molecule has 6 heteroatoms. The first-order valence-corrected chi connectivity index (χ1v) is 5.98. The number of rotatable bonds is 8. The van der Waals surface area contributed by atoms with Crippen LogP contribution in [0.2, 0.25) is 0 Å². The molecule has 0 aromatic heterocycles. The second-order valence-electron chi connectivity index (χ2n) is 3.04. The number of amides is 1. The highest BCUT2D eigenvalue weighted by molar-refractivity contribution is 7.99. The third kappa shape index (κ3) is 7.21. The van der Waals surface area contributed by atoms with Gasteiger partial charge in [-0.3, -0.25) is 4.79 Å². The number of hydrogen-bond acceptors (Lipinski definition) is 4. The van der Waals surface area contributed by atoms with E-state index in [9.17, 15) is 9.59 Å². The summed E-state index contributed by atoms with van der Waals surface area (Å²) in [4.78, 5) is 21.5. The number of aliphatic hydroxyl groups is 1. The van der Waals surface area contributed by atoms with Crippen LogP contribution in [-0.4, -0.2) is 46.2 Å². The van der Waals surface area contributed by atoms with Crippen molar-refractivity contribution in [2.24, 2.45) is 0 Å². The topological polar surface area (TPSA) is 86.6 Å². The number of nitrogens with one attached hydrogen (secondary N) is 1. The van der Waals surface area contributed by atoms with Gasteiger partial charge in [0.15, 0.2) is 0 Å². The average molecular weight is 235 g/mol. The molecule has 3 N–H and O–H groups in total. The van der Waals surface area contributed by atoms with Crippen LogP contribution in [0.1, 0.15) is 19.8 Å². The van der Waals surface area contributed by atoms with Crippen molar-refractivity contribution in [3.05, 3.63) is 0 Å². The van der Waals surface area contributed by atoms with Gasteiger partial charge in [0.1, 0.15) is 12.6 Å². The number of unbranched alkanes of at least 4 members (excludes halogenated alkanes) is 1. The average Bonchev–Trinajstić information content (AvgIpc) is 2.21. The lowest BCUT2D eigenvalue weighted by molar-refractivity contribution is -0.141. The Morgan fingerprint density at radius 3 is 2.60 bits per heavy atom. The minimum Gasteiger partial charge on any atom is -0.480 e. The van der Waals surface area contributed by atoms with E-state index in [0.29, 0.717) is 5.75 Å². The van der Waals surface area contributed by atoms with Gasteiger partial charge in [-0.05, 0) is 12.2 Å². The first kappa shape index (κ1) is 14.2. The van der Waals surface area contributed by atoms with E-state index < -0.39 is 24.5 Å². The van der Waals surface area contributed by atoms with Gasteiger partial charge in [0, 0.05) is 5.75 Å². The van der Waals surface area contributed by atoms with E-state index in [1.165, 1.54) is 11.8 Å². The molecule has 1 atom stereocenters. The van der Waals surface area contributed by atoms with Crippen molar-refractivity contribution in [1.82, 2.24) is 5.32 Å². The Bertz CT molecular complexity index is 210. The van der Waals surface area contributed by atoms with Gasteiger partial charge in [-0.1, -0.05) is 13.3 Å². The summed E-state index contributed by atoms with van der Waals surface area (Å²) in [7, 11) is 0. The number of carbonyl (C=O) groups is 2. The molecule has 1 unspecified atom stereocenters. The van der Waals surface area contributed by atoms with Crippen LogP contribution >= 0.6 is 11.8 Å². The second kappa shape index (κ2) is 8.55. The maximum atomic E-state index is 10.8. The molecule has 0 aromatic carbocycles. The number of carboxylic acids is 1. The SMILES string of the molecule is CCCCSCC(NC(=O)CO)C(=O)O. The zero-order valence-electron chi connectivity index (χ0n) is 8.73. The molecular formula is C9H17NO4S. The van der Waals surface area contributed by atoms with Crippen LogP contribution < -0.4 is 5.32 Å². The number of hydrogen-bond donors (Lipinski definition) is 3. The van der Waals surface area contributed by atoms with Crippen LogP contribution in [0.3, 0.4) is 0 Å². The van der Waals surface area contributed by atoms with Crippen molar-refractivity contribution in [3.63, 3.8) is 0 Å². The zero-order chi connectivity index (χ0) is 11.7. The molecule has 0 radical (unpaired) electrons. The number of carbonyl (C=O) groups excluding carboxylic acids is 1. The second-order valence-corrected chi connectivity index (χ2v) is 4.19. The predicted octanol–water partition coefficient (Wildman–Crippen LogP) is 0.0814. The fourth-order valence-electron chi connectivity index (χ4n) is 0.862. The van der Waals surface area contributed by atoms with Crippen molar-refractivity contribution < 1.29 is 19.8 Å². The number of aliphatic carboxylic acids is 1. The van der Waals surface area contributed by atoms with E-state index in [1.54, 1.807) is 0 Å². The van der Waals surface area contributed by atoms with Gasteiger partial charge < -0.3 is 15.5 Å². The standard InChI is InChI=1S/C9H17NO4S/c1-2-3-4-15-6-7(9(13)14)10-8(12)5-11/h7,11H,2-6H2,1H3,(H,10,12)(H,13,14). The summed E-state index contributed by atoms with van der Waals surface area (Å²) >= 11 is 1.49. The van der Waals surface area contributed by atoms with Crippen molar-refractivity contribution >= 4 is 23.6 Å². The Hall–Kier alpha value is -0.750. The molecule has 0 aromatic rings. The molecule has 0 heterocycles. The Balaban J connectivity index is 3.84. The van der Waals surface area contributed by atoms with E-state index >= 15 is 0 Å². The molecule has 0 saturated carbocycles. The monoisotopic (exact) mass is 235 g/mol. The Labute approximate surface area is 93.2 Å². The fourth-order valence-corrected chi connectivity index (χ4v) is 1.98. The zero-order valence-corrected chi connectivity index (χ0v) is 9.55. The van der Waals surface area contributed by atoms with Crippen LogP contribution in [0, 0.1) is 0 Å². The molecule has 0 aliphatic carbocycles. The van der Waals surface area contributed by atoms with Crippen molar-refractivity contribution in [1.29, 1.82) is 0 Å². The highest BCUT2D eigenvalue weighted by Gasteiger charge is 2.18. The van der Waals surface area contributed by atoms with Crippen LogP contribution in [-0.2, 0) is 9.59 Å². The maximum absolute atomic E-state index is 10.8. The molecule has 88 valence electrons. The van der Waals surface area contributed by atoms with Gasteiger partial charge in [0.05, 0.1) is 0 Å². The van der Waals surface area contributed by atoms with Crippen molar-refractivity contribution in [2.75, 3.05) is 18.1 Å². The smallest absolute Gasteiger partial charge is 0.327 e. The lowest BCUT2D eigenvalue weighted by Gasteiger charge is -2.12. The van der Waals surface area contributed by atoms with Crippen molar-refractivity contribution in [2.45, 2.75) is 25.8 Å². The quantitative estimate of drug-likeness (QED) is 0.519. The molecule has 0 aliphatic rings. The molecule has 0 rings (SSSR count). The molecular weight excluding hydrogens is 218 g/mol. The summed E-state index contributed by atoms with van der Waals surface area (Å²) < 4.78 is 0. The molecule has 0 saturated heterocycles. The molecule has 0 fully saturated rings. The maximum Gasteiger partial charge on any atom is 0.327 e. The van der Waals surface area contributed by atoms with E-state index in [-0.39, 0.29) is 0 Å². The van der Waals surface area contributed by atoms with Crippen LogP contribution in [0.15, 0.2) is 0 Å². The van der Waals surface area contributed by atoms with Crippen molar-refractivity contribution in [3.8, 4) is 0 Å². The van der Waals surface area contributed by atoms with E-state index in [1.807, 2.05) is 0 Å². The number of carboxylic acid groups (broad SMARTS) is 1. The van der Waals surface area contributed by atoms with Crippen LogP contribution in [0.25, 0.3) is 0 Å². The number of aliphatic hydroxyl groups excluding tert-OH is 1. The van der Waals surface area contributed by atoms with Gasteiger partial charge in [0.2, 0.25) is 5.91 Å². The molecule has 0 aliphatic heterocycles. The minimum absolute atomic E-state index is 0.334. The predicted molar refractivity (Wildman–Crippen MR) is 58.9 cm³/mol. The summed E-state index contributed by atoms with van der Waals surface area (Å²) in [6.07, 6.45) is 2.10. The van der Waals surface area contributed by atoms with Gasteiger partial charge >= 0.3 is 5.97 Å². The van der Waals surface area contributed by atoms with E-state index in [0.717, 1.165) is 18.6 Å². The summed E-state index contributed by atoms with van der Waals surface area (Å²) in [6, 6.07) is -0.911. The van der Waals surface area contributed by atoms with Crippen LogP contribution in [0.5, 0.6) is 0 Å². The normalized spacial score (nSPS) is 12.1. The lowest BCUT2D eigenvalue weighted by atomic mass is 10.3. The van der Waals surface area contributed by atoms with E-state index in [4.69, 9.17) is 10.2 Å². The first-order chi connectivity index (χ1) is 7.11. The van der Waals surface area contributed by atoms with Gasteiger partial charge in [-0.15, -0.1) is 0 Å². The summed E-state index contributed by atoms with van der Waals surface area (Å²) in [5.41, 5.74) is 0. The largest absolute Gasteiger partial charge is 0.480 e. The summed E-state index contributed by atoms with van der Waals surface area (Å²) in [5.74, 6) is -0.504. The van der Waals surface area contributed by atoms with Gasteiger partial charge in [0.25, 0.3) is 0 Å². The Kier molecular flexibility index (Phi) is 8.12. The molecule has 0 spiro atoms. The lowest BCUT2D eigenvalue weighted by Crippen LogP contribution is -2.43. The molecule has 5 nitrogen and oxygen atoms in total. The van der Waals surface area contributed by atoms with Gasteiger partial charge in [-0.2, -0.15) is 11.8 Å². The molecule has 15 heavy (non-hydrogen) atoms. The highest BCUT2D eigenvalue weighted by atomic mass is 32.2. The summed E-state index contributed by atoms with van der Waals surface area (Å²) in [5, 5.41) is 19.5. The van der Waals surface area contributed by atoms with Gasteiger partial charge in [-0.25, -0.2) is 4.79 Å². The number of thioether (sulfide) groups is 1. The molecule has 1 amide bonds. The third-order valence-electron chi connectivity index (χ3n) is 1.70. The third-order valence-corrected chi connectivity index (χ3v) is 2.85. The van der Waals surface area contributed by atoms with E-state index in [2.05, 4.69) is 12.2 Å². The highest BCUT2D eigenvalue weighted by Crippen LogP contribution is 2.06. The minimum atomic E-state index is -1.07. The fraction of sp³-hybridized carbons (Fsp3) is 0.778. The Morgan fingerprint density at radius 1 is 1.47 bits per heavy atom. The van der Waals surface area contributed by atoms with Crippen LogP contribution in [0.4, 0.5) is 0 Å². The molecule has 0 bridgehead atoms. The summed E-state index contributed by atoms with van der Waals surface area (Å²) in [6.45, 7) is 1.38. The first-order valence-electron chi connectivity index (χ1n) is 4.82. The Morgan fingerprint density at radius 2 is 2.13 bits per heavy atom.